The normalized spacial score (nSPS) is 24.7. The predicted octanol–water partition coefficient (Wildman–Crippen LogP) is 2.75. The van der Waals surface area contributed by atoms with Gasteiger partial charge in [0, 0.05) is 63.0 Å². The quantitative estimate of drug-likeness (QED) is 0.688. The lowest BCUT2D eigenvalue weighted by Gasteiger charge is -2.35. The number of nitrogens with zero attached hydrogens (tertiary/aromatic N) is 2. The van der Waals surface area contributed by atoms with Crippen LogP contribution in [0.25, 0.3) is 6.08 Å². The van der Waals surface area contributed by atoms with Crippen LogP contribution in [0, 0.1) is 0 Å². The summed E-state index contributed by atoms with van der Waals surface area (Å²) in [4.78, 5) is 17.0. The minimum atomic E-state index is 0.0546. The van der Waals surface area contributed by atoms with Crippen LogP contribution in [0.15, 0.2) is 18.2 Å². The molecule has 2 fully saturated rings. The van der Waals surface area contributed by atoms with Crippen LogP contribution in [0.2, 0.25) is 0 Å². The third-order valence-corrected chi connectivity index (χ3v) is 5.90. The van der Waals surface area contributed by atoms with Gasteiger partial charge in [-0.3, -0.25) is 9.69 Å². The molecule has 6 nitrogen and oxygen atoms in total. The van der Waals surface area contributed by atoms with Crippen LogP contribution >= 0.6 is 0 Å². The van der Waals surface area contributed by atoms with Crippen LogP contribution in [0.1, 0.15) is 37.8 Å². The Balaban J connectivity index is 1.35. The van der Waals surface area contributed by atoms with E-state index in [0.717, 1.165) is 69.2 Å². The van der Waals surface area contributed by atoms with Crippen molar-refractivity contribution in [1.29, 1.82) is 0 Å². The predicted molar refractivity (Wildman–Crippen MR) is 112 cm³/mol. The SMILES string of the molecule is CCOc1cc2c(cc1/C=C/C(=O)N1CCN(CC3CCCO3)CC1)OC(C)C2. The fourth-order valence-electron chi connectivity index (χ4n) is 4.36. The molecule has 3 aliphatic heterocycles. The highest BCUT2D eigenvalue weighted by Gasteiger charge is 2.25. The van der Waals surface area contributed by atoms with Crippen molar-refractivity contribution < 1.29 is 19.0 Å². The van der Waals surface area contributed by atoms with Crippen molar-refractivity contribution in [2.45, 2.75) is 45.3 Å². The largest absolute Gasteiger partial charge is 0.493 e. The number of hydrogen-bond donors (Lipinski definition) is 0. The monoisotopic (exact) mass is 400 g/mol. The van der Waals surface area contributed by atoms with E-state index in [0.29, 0.717) is 12.7 Å². The van der Waals surface area contributed by atoms with Crippen molar-refractivity contribution in [1.82, 2.24) is 9.80 Å². The van der Waals surface area contributed by atoms with Crippen molar-refractivity contribution in [2.75, 3.05) is 45.9 Å². The topological polar surface area (TPSA) is 51.2 Å². The summed E-state index contributed by atoms with van der Waals surface area (Å²) in [7, 11) is 0. The highest BCUT2D eigenvalue weighted by atomic mass is 16.5. The van der Waals surface area contributed by atoms with Crippen molar-refractivity contribution in [3.8, 4) is 11.5 Å². The van der Waals surface area contributed by atoms with Crippen LogP contribution in [-0.2, 0) is 16.0 Å². The lowest BCUT2D eigenvalue weighted by molar-refractivity contribution is -0.127. The molecule has 0 spiro atoms. The molecule has 0 saturated carbocycles. The number of ether oxygens (including phenoxy) is 3. The maximum absolute atomic E-state index is 12.7. The maximum atomic E-state index is 12.7. The fourth-order valence-corrected chi connectivity index (χ4v) is 4.36. The number of piperazine rings is 1. The molecule has 1 aromatic carbocycles. The molecule has 3 heterocycles. The molecule has 0 aliphatic carbocycles. The second-order valence-corrected chi connectivity index (χ2v) is 8.16. The first-order valence-electron chi connectivity index (χ1n) is 10.9. The average molecular weight is 401 g/mol. The van der Waals surface area contributed by atoms with Gasteiger partial charge < -0.3 is 19.1 Å². The smallest absolute Gasteiger partial charge is 0.246 e. The number of benzene rings is 1. The molecule has 0 aromatic heterocycles. The van der Waals surface area contributed by atoms with Gasteiger partial charge in [0.25, 0.3) is 0 Å². The lowest BCUT2D eigenvalue weighted by atomic mass is 10.1. The first-order chi connectivity index (χ1) is 14.1. The van der Waals surface area contributed by atoms with Crippen LogP contribution in [0.5, 0.6) is 11.5 Å². The van der Waals surface area contributed by atoms with E-state index in [2.05, 4.69) is 17.9 Å². The van der Waals surface area contributed by atoms with E-state index in [1.165, 1.54) is 12.0 Å². The lowest BCUT2D eigenvalue weighted by Crippen LogP contribution is -2.50. The van der Waals surface area contributed by atoms with Crippen LogP contribution in [-0.4, -0.2) is 73.9 Å². The van der Waals surface area contributed by atoms with Gasteiger partial charge in [-0.1, -0.05) is 0 Å². The Kier molecular flexibility index (Phi) is 6.40. The molecule has 2 unspecified atom stereocenters. The van der Waals surface area contributed by atoms with Gasteiger partial charge in [0.2, 0.25) is 5.91 Å². The minimum absolute atomic E-state index is 0.0546. The molecule has 3 aliphatic rings. The third-order valence-electron chi connectivity index (χ3n) is 5.90. The molecule has 4 rings (SSSR count). The molecule has 29 heavy (non-hydrogen) atoms. The fraction of sp³-hybridized carbons (Fsp3) is 0.609. The number of hydrogen-bond acceptors (Lipinski definition) is 5. The van der Waals surface area contributed by atoms with Crippen LogP contribution < -0.4 is 9.47 Å². The van der Waals surface area contributed by atoms with Gasteiger partial charge in [-0.25, -0.2) is 0 Å². The zero-order valence-electron chi connectivity index (χ0n) is 17.6. The summed E-state index contributed by atoms with van der Waals surface area (Å²) in [6.45, 7) is 9.86. The second kappa shape index (κ2) is 9.18. The Morgan fingerprint density at radius 3 is 2.83 bits per heavy atom. The van der Waals surface area contributed by atoms with Gasteiger partial charge in [-0.15, -0.1) is 0 Å². The number of fused-ring (bicyclic) bond motifs is 1. The Morgan fingerprint density at radius 2 is 2.10 bits per heavy atom. The Bertz CT molecular complexity index is 749. The zero-order chi connectivity index (χ0) is 20.2. The number of carbonyl (C=O) groups is 1. The molecular weight excluding hydrogens is 368 g/mol. The van der Waals surface area contributed by atoms with E-state index >= 15 is 0 Å². The molecule has 1 aromatic rings. The van der Waals surface area contributed by atoms with E-state index in [4.69, 9.17) is 14.2 Å². The van der Waals surface area contributed by atoms with E-state index in [1.807, 2.05) is 24.0 Å². The highest BCUT2D eigenvalue weighted by Crippen LogP contribution is 2.35. The summed E-state index contributed by atoms with van der Waals surface area (Å²) in [5.74, 6) is 1.77. The third kappa shape index (κ3) is 4.93. The van der Waals surface area contributed by atoms with Crippen LogP contribution in [0.3, 0.4) is 0 Å². The first-order valence-corrected chi connectivity index (χ1v) is 10.9. The zero-order valence-corrected chi connectivity index (χ0v) is 17.6. The standard InChI is InChI=1S/C23H32N2O4/c1-3-27-21-15-19-13-17(2)29-22(19)14-18(21)6-7-23(26)25-10-8-24(9-11-25)16-20-5-4-12-28-20/h6-7,14-15,17,20H,3-5,8-13,16H2,1-2H3/b7-6+. The number of amides is 1. The van der Waals surface area contributed by atoms with E-state index in [-0.39, 0.29) is 12.0 Å². The second-order valence-electron chi connectivity index (χ2n) is 8.16. The highest BCUT2D eigenvalue weighted by molar-refractivity contribution is 5.92. The van der Waals surface area contributed by atoms with Gasteiger partial charge >= 0.3 is 0 Å². The molecule has 0 bridgehead atoms. The van der Waals surface area contributed by atoms with Crippen molar-refractivity contribution in [3.63, 3.8) is 0 Å². The van der Waals surface area contributed by atoms with Crippen molar-refractivity contribution >= 4 is 12.0 Å². The molecule has 0 radical (unpaired) electrons. The Labute approximate surface area is 173 Å². The number of rotatable bonds is 6. The summed E-state index contributed by atoms with van der Waals surface area (Å²) in [5, 5.41) is 0. The summed E-state index contributed by atoms with van der Waals surface area (Å²) in [5.41, 5.74) is 2.07. The van der Waals surface area contributed by atoms with E-state index in [9.17, 15) is 4.79 Å². The summed E-state index contributed by atoms with van der Waals surface area (Å²) < 4.78 is 17.4. The van der Waals surface area contributed by atoms with Crippen LogP contribution in [0.4, 0.5) is 0 Å². The van der Waals surface area contributed by atoms with E-state index in [1.54, 1.807) is 6.08 Å². The maximum Gasteiger partial charge on any atom is 0.246 e. The Morgan fingerprint density at radius 1 is 1.28 bits per heavy atom. The molecule has 1 amide bonds. The van der Waals surface area contributed by atoms with E-state index < -0.39 is 0 Å². The summed E-state index contributed by atoms with van der Waals surface area (Å²) >= 11 is 0. The molecule has 158 valence electrons. The van der Waals surface area contributed by atoms with Gasteiger partial charge in [0.15, 0.2) is 0 Å². The van der Waals surface area contributed by atoms with Gasteiger partial charge in [-0.2, -0.15) is 0 Å². The summed E-state index contributed by atoms with van der Waals surface area (Å²) in [6, 6.07) is 4.05. The molecule has 6 heteroatoms. The molecule has 2 atom stereocenters. The van der Waals surface area contributed by atoms with Crippen molar-refractivity contribution in [3.05, 3.63) is 29.3 Å². The first kappa shape index (κ1) is 20.2. The summed E-state index contributed by atoms with van der Waals surface area (Å²) in [6.07, 6.45) is 7.31. The molecule has 2 saturated heterocycles. The number of carbonyl (C=O) groups excluding carboxylic acids is 1. The van der Waals surface area contributed by atoms with Gasteiger partial charge in [0.05, 0.1) is 12.7 Å². The molecular formula is C23H32N2O4. The average Bonchev–Trinajstić information content (AvgIpc) is 3.35. The Hall–Kier alpha value is -2.05. The molecule has 0 N–H and O–H groups in total. The van der Waals surface area contributed by atoms with Gasteiger partial charge in [0.1, 0.15) is 17.6 Å². The van der Waals surface area contributed by atoms with Crippen molar-refractivity contribution in [2.24, 2.45) is 0 Å². The minimum Gasteiger partial charge on any atom is -0.493 e. The van der Waals surface area contributed by atoms with Gasteiger partial charge in [-0.05, 0) is 44.9 Å².